The zero-order valence-corrected chi connectivity index (χ0v) is 25.5. The molecule has 1 aliphatic carbocycles. The minimum absolute atomic E-state index is 0.0373. The fourth-order valence-electron chi connectivity index (χ4n) is 5.08. The lowest BCUT2D eigenvalue weighted by molar-refractivity contribution is -0.139. The third-order valence-corrected chi connectivity index (χ3v) is 9.26. The first-order valence-electron chi connectivity index (χ1n) is 14.4. The van der Waals surface area contributed by atoms with Gasteiger partial charge < -0.3 is 19.7 Å². The van der Waals surface area contributed by atoms with Gasteiger partial charge in [-0.15, -0.1) is 0 Å². The van der Waals surface area contributed by atoms with Crippen LogP contribution in [0.1, 0.15) is 45.1 Å². The summed E-state index contributed by atoms with van der Waals surface area (Å²) < 4.78 is 53.4. The smallest absolute Gasteiger partial charge is 0.264 e. The zero-order valence-electron chi connectivity index (χ0n) is 24.7. The van der Waals surface area contributed by atoms with Gasteiger partial charge in [-0.05, 0) is 92.9 Å². The molecule has 0 spiro atoms. The van der Waals surface area contributed by atoms with E-state index in [0.29, 0.717) is 23.7 Å². The number of nitrogens with zero attached hydrogens (tertiary/aromatic N) is 2. The van der Waals surface area contributed by atoms with Crippen molar-refractivity contribution in [2.24, 2.45) is 0 Å². The maximum Gasteiger partial charge on any atom is 0.264 e. The first-order valence-corrected chi connectivity index (χ1v) is 15.8. The normalized spacial score (nSPS) is 14.1. The third kappa shape index (κ3) is 8.04. The van der Waals surface area contributed by atoms with E-state index >= 15 is 0 Å². The molecule has 9 nitrogen and oxygen atoms in total. The summed E-state index contributed by atoms with van der Waals surface area (Å²) in [6.07, 6.45) is 3.81. The van der Waals surface area contributed by atoms with Crippen LogP contribution in [0.4, 0.5) is 10.1 Å². The number of carbonyl (C=O) groups is 2. The highest BCUT2D eigenvalue weighted by atomic mass is 32.2. The van der Waals surface area contributed by atoms with Crippen molar-refractivity contribution in [1.82, 2.24) is 10.2 Å². The summed E-state index contributed by atoms with van der Waals surface area (Å²) in [4.78, 5) is 28.7. The molecule has 0 heterocycles. The number of anilines is 1. The topological polar surface area (TPSA) is 105 Å². The summed E-state index contributed by atoms with van der Waals surface area (Å²) in [7, 11) is -2.75. The molecule has 11 heteroatoms. The monoisotopic (exact) mass is 611 g/mol. The van der Waals surface area contributed by atoms with Gasteiger partial charge in [-0.2, -0.15) is 0 Å². The number of carbonyl (C=O) groups excluding carboxylic acids is 2. The molecule has 0 bridgehead atoms. The standard InChI is InChI=1S/C32H38FN3O6S/c1-4-42-28-16-18-30(19-17-28)43(39,40)36(27-14-12-25(33)13-15-27)22-31(37)35(21-24-8-7-11-29(20-24)41-3)23(2)32(38)34-26-9-5-6-10-26/h7-8,11-20,23,26H,4-6,9-10,21-22H2,1-3H3,(H,34,38)/t23-/m0/s1. The average Bonchev–Trinajstić information content (AvgIpc) is 3.52. The van der Waals surface area contributed by atoms with Gasteiger partial charge in [-0.25, -0.2) is 12.8 Å². The number of sulfonamides is 1. The number of halogens is 1. The number of hydrogen-bond donors (Lipinski definition) is 1. The summed E-state index contributed by atoms with van der Waals surface area (Å²) in [5.41, 5.74) is 0.809. The molecule has 2 amide bonds. The van der Waals surface area contributed by atoms with Crippen LogP contribution in [0.25, 0.3) is 0 Å². The molecule has 1 saturated carbocycles. The van der Waals surface area contributed by atoms with E-state index in [1.807, 2.05) is 6.92 Å². The molecule has 3 aromatic carbocycles. The average molecular weight is 612 g/mol. The lowest BCUT2D eigenvalue weighted by Gasteiger charge is -2.32. The summed E-state index contributed by atoms with van der Waals surface area (Å²) in [6.45, 7) is 3.28. The molecule has 1 aliphatic rings. The molecule has 230 valence electrons. The Balaban J connectivity index is 1.68. The van der Waals surface area contributed by atoms with Crippen molar-refractivity contribution in [3.8, 4) is 11.5 Å². The maximum atomic E-state index is 14.1. The van der Waals surface area contributed by atoms with Crippen LogP contribution < -0.4 is 19.1 Å². The third-order valence-electron chi connectivity index (χ3n) is 7.47. The number of hydrogen-bond acceptors (Lipinski definition) is 6. The number of benzene rings is 3. The molecule has 0 unspecified atom stereocenters. The van der Waals surface area contributed by atoms with Crippen LogP contribution in [0.5, 0.6) is 11.5 Å². The van der Waals surface area contributed by atoms with Gasteiger partial charge in [-0.3, -0.25) is 13.9 Å². The molecule has 4 rings (SSSR count). The van der Waals surface area contributed by atoms with Gasteiger partial charge in [-0.1, -0.05) is 25.0 Å². The second-order valence-electron chi connectivity index (χ2n) is 10.4. The van der Waals surface area contributed by atoms with Gasteiger partial charge >= 0.3 is 0 Å². The summed E-state index contributed by atoms with van der Waals surface area (Å²) in [5.74, 6) is -0.386. The lowest BCUT2D eigenvalue weighted by Crippen LogP contribution is -2.52. The molecule has 43 heavy (non-hydrogen) atoms. The molecular weight excluding hydrogens is 573 g/mol. The molecule has 0 saturated heterocycles. The van der Waals surface area contributed by atoms with Gasteiger partial charge in [0.05, 0.1) is 24.3 Å². The predicted octanol–water partition coefficient (Wildman–Crippen LogP) is 4.90. The van der Waals surface area contributed by atoms with Gasteiger partial charge in [0.15, 0.2) is 0 Å². The highest BCUT2D eigenvalue weighted by Crippen LogP contribution is 2.27. The van der Waals surface area contributed by atoms with Crippen molar-refractivity contribution < 1.29 is 31.9 Å². The quantitative estimate of drug-likeness (QED) is 0.295. The van der Waals surface area contributed by atoms with E-state index in [1.54, 1.807) is 31.2 Å². The zero-order chi connectivity index (χ0) is 31.0. The van der Waals surface area contributed by atoms with Crippen LogP contribution >= 0.6 is 0 Å². The van der Waals surface area contributed by atoms with Gasteiger partial charge in [0, 0.05) is 12.6 Å². The van der Waals surface area contributed by atoms with Crippen molar-refractivity contribution >= 4 is 27.5 Å². The molecule has 0 aromatic heterocycles. The summed E-state index contributed by atoms with van der Waals surface area (Å²) in [5, 5.41) is 3.04. The van der Waals surface area contributed by atoms with Crippen molar-refractivity contribution in [1.29, 1.82) is 0 Å². The van der Waals surface area contributed by atoms with E-state index in [2.05, 4.69) is 5.32 Å². The minimum Gasteiger partial charge on any atom is -0.497 e. The number of rotatable bonds is 13. The fraction of sp³-hybridized carbons (Fsp3) is 0.375. The molecule has 0 aliphatic heterocycles. The van der Waals surface area contributed by atoms with Crippen molar-refractivity contribution in [2.45, 2.75) is 63.1 Å². The number of ether oxygens (including phenoxy) is 2. The van der Waals surface area contributed by atoms with Crippen LogP contribution in [-0.4, -0.2) is 57.5 Å². The Kier molecular flexibility index (Phi) is 10.6. The Morgan fingerprint density at radius 2 is 1.67 bits per heavy atom. The predicted molar refractivity (Wildman–Crippen MR) is 162 cm³/mol. The molecule has 1 atom stereocenters. The molecule has 1 fully saturated rings. The summed E-state index contributed by atoms with van der Waals surface area (Å²) >= 11 is 0. The first-order chi connectivity index (χ1) is 20.6. The van der Waals surface area contributed by atoms with E-state index in [4.69, 9.17) is 9.47 Å². The molecular formula is C32H38FN3O6S. The van der Waals surface area contributed by atoms with Crippen molar-refractivity contribution in [3.63, 3.8) is 0 Å². The fourth-order valence-corrected chi connectivity index (χ4v) is 6.49. The van der Waals surface area contributed by atoms with Gasteiger partial charge in [0.2, 0.25) is 11.8 Å². The van der Waals surface area contributed by atoms with Crippen molar-refractivity contribution in [2.75, 3.05) is 24.6 Å². The summed E-state index contributed by atoms with van der Waals surface area (Å²) in [6, 6.07) is 17.0. The highest BCUT2D eigenvalue weighted by Gasteiger charge is 2.33. The Hall–Kier alpha value is -4.12. The number of nitrogens with one attached hydrogen (secondary N) is 1. The van der Waals surface area contributed by atoms with Crippen LogP contribution in [0.15, 0.2) is 77.7 Å². The van der Waals surface area contributed by atoms with Gasteiger partial charge in [0.25, 0.3) is 10.0 Å². The molecule has 0 radical (unpaired) electrons. The largest absolute Gasteiger partial charge is 0.497 e. The molecule has 1 N–H and O–H groups in total. The van der Waals surface area contributed by atoms with E-state index in [1.165, 1.54) is 48.4 Å². The second kappa shape index (κ2) is 14.4. The Morgan fingerprint density at radius 1 is 1.00 bits per heavy atom. The minimum atomic E-state index is -4.29. The number of amides is 2. The van der Waals surface area contributed by atoms with E-state index in [-0.39, 0.29) is 29.1 Å². The van der Waals surface area contributed by atoms with Crippen LogP contribution in [-0.2, 0) is 26.2 Å². The Labute approximate surface area is 252 Å². The lowest BCUT2D eigenvalue weighted by atomic mass is 10.1. The van der Waals surface area contributed by atoms with Crippen LogP contribution in [0, 0.1) is 5.82 Å². The Bertz CT molecular complexity index is 1490. The highest BCUT2D eigenvalue weighted by molar-refractivity contribution is 7.92. The SMILES string of the molecule is CCOc1ccc(S(=O)(=O)N(CC(=O)N(Cc2cccc(OC)c2)[C@@H](C)C(=O)NC2CCCC2)c2ccc(F)cc2)cc1. The van der Waals surface area contributed by atoms with E-state index in [0.717, 1.165) is 42.1 Å². The number of methoxy groups -OCH3 is 1. The second-order valence-corrected chi connectivity index (χ2v) is 12.3. The van der Waals surface area contributed by atoms with Crippen LogP contribution in [0.2, 0.25) is 0 Å². The first kappa shape index (κ1) is 31.8. The Morgan fingerprint density at radius 3 is 2.30 bits per heavy atom. The van der Waals surface area contributed by atoms with E-state index < -0.39 is 34.3 Å². The van der Waals surface area contributed by atoms with E-state index in [9.17, 15) is 22.4 Å². The van der Waals surface area contributed by atoms with Crippen molar-refractivity contribution in [3.05, 3.63) is 84.2 Å². The maximum absolute atomic E-state index is 14.1. The van der Waals surface area contributed by atoms with Gasteiger partial charge in [0.1, 0.15) is 29.9 Å². The molecule has 3 aromatic rings. The van der Waals surface area contributed by atoms with Crippen LogP contribution in [0.3, 0.4) is 0 Å².